The second-order valence-electron chi connectivity index (χ2n) is 8.15. The minimum atomic E-state index is -0.683. The summed E-state index contributed by atoms with van der Waals surface area (Å²) in [7, 11) is 0. The molecule has 4 rings (SSSR count). The van der Waals surface area contributed by atoms with Gasteiger partial charge in [0.05, 0.1) is 5.57 Å². The normalized spacial score (nSPS) is 22.0. The average molecular weight is 403 g/mol. The predicted octanol–water partition coefficient (Wildman–Crippen LogP) is 3.87. The average Bonchev–Trinajstić information content (AvgIpc) is 2.93. The largest absolute Gasteiger partial charge is 0.451 e. The summed E-state index contributed by atoms with van der Waals surface area (Å²) in [4.78, 5) is 29.8. The van der Waals surface area contributed by atoms with Crippen LogP contribution in [0.3, 0.4) is 0 Å². The maximum atomic E-state index is 13.4. The van der Waals surface area contributed by atoms with Crippen molar-refractivity contribution in [3.63, 3.8) is 0 Å². The number of hydrogen-bond donors (Lipinski definition) is 0. The molecule has 28 heavy (non-hydrogen) atoms. The van der Waals surface area contributed by atoms with Crippen LogP contribution in [0.2, 0.25) is 5.02 Å². The summed E-state index contributed by atoms with van der Waals surface area (Å²) in [6.07, 6.45) is 4.66. The van der Waals surface area contributed by atoms with Gasteiger partial charge in [-0.25, -0.2) is 4.79 Å². The van der Waals surface area contributed by atoms with Gasteiger partial charge in [-0.3, -0.25) is 4.79 Å². The van der Waals surface area contributed by atoms with E-state index in [2.05, 4.69) is 11.8 Å². The number of carbonyl (C=O) groups is 2. The van der Waals surface area contributed by atoms with E-state index < -0.39 is 5.60 Å². The van der Waals surface area contributed by atoms with Gasteiger partial charge >= 0.3 is 5.97 Å². The molecule has 6 heteroatoms. The van der Waals surface area contributed by atoms with Crippen LogP contribution in [0.4, 0.5) is 5.69 Å². The van der Waals surface area contributed by atoms with Gasteiger partial charge in [-0.2, -0.15) is 0 Å². The number of esters is 1. The van der Waals surface area contributed by atoms with Crippen LogP contribution >= 0.6 is 11.6 Å². The molecule has 1 saturated heterocycles. The highest BCUT2D eigenvalue weighted by molar-refractivity contribution is 6.30. The Morgan fingerprint density at radius 2 is 1.75 bits per heavy atom. The van der Waals surface area contributed by atoms with Gasteiger partial charge < -0.3 is 14.5 Å². The highest BCUT2D eigenvalue weighted by Gasteiger charge is 2.50. The highest BCUT2D eigenvalue weighted by atomic mass is 35.5. The first kappa shape index (κ1) is 19.3. The summed E-state index contributed by atoms with van der Waals surface area (Å²) >= 11 is 6.17. The van der Waals surface area contributed by atoms with Crippen LogP contribution in [-0.4, -0.2) is 48.6 Å². The zero-order valence-corrected chi connectivity index (χ0v) is 17.3. The fourth-order valence-electron chi connectivity index (χ4n) is 4.81. The minimum absolute atomic E-state index is 0.0206. The molecule has 2 heterocycles. The molecule has 0 aromatic heterocycles. The molecule has 1 aromatic rings. The third kappa shape index (κ3) is 3.30. The van der Waals surface area contributed by atoms with Gasteiger partial charge in [-0.15, -0.1) is 0 Å². The third-order valence-corrected chi connectivity index (χ3v) is 6.61. The number of hydrogen-bond acceptors (Lipinski definition) is 4. The fourth-order valence-corrected chi connectivity index (χ4v) is 4.98. The lowest BCUT2D eigenvalue weighted by molar-refractivity contribution is -0.150. The van der Waals surface area contributed by atoms with Crippen molar-refractivity contribution in [3.8, 4) is 0 Å². The molecule has 0 radical (unpaired) electrons. The Hall–Kier alpha value is -2.01. The quantitative estimate of drug-likeness (QED) is 0.704. The number of ether oxygens (including phenoxy) is 1. The second kappa shape index (κ2) is 7.43. The number of piperazine rings is 1. The summed E-state index contributed by atoms with van der Waals surface area (Å²) in [5, 5.41) is 0.723. The van der Waals surface area contributed by atoms with Gasteiger partial charge in [0.15, 0.2) is 0 Å². The van der Waals surface area contributed by atoms with E-state index in [0.29, 0.717) is 24.2 Å². The monoisotopic (exact) mass is 402 g/mol. The zero-order chi connectivity index (χ0) is 19.9. The molecule has 150 valence electrons. The van der Waals surface area contributed by atoms with Crippen LogP contribution in [0.15, 0.2) is 29.3 Å². The van der Waals surface area contributed by atoms with Crippen molar-refractivity contribution in [3.05, 3.63) is 39.9 Å². The molecule has 3 aliphatic rings. The highest BCUT2D eigenvalue weighted by Crippen LogP contribution is 2.44. The topological polar surface area (TPSA) is 49.9 Å². The van der Waals surface area contributed by atoms with Crippen molar-refractivity contribution in [2.24, 2.45) is 0 Å². The SMILES string of the molecule is CC1=C(C(=O)N2CCN(c3cc(Cl)ccc3C)CC2)C2(CCCCC2)OC1=O. The summed E-state index contributed by atoms with van der Waals surface area (Å²) in [5.74, 6) is -0.342. The molecular formula is C22H27ClN2O3. The van der Waals surface area contributed by atoms with E-state index in [1.54, 1.807) is 6.92 Å². The molecule has 2 aliphatic heterocycles. The molecule has 0 N–H and O–H groups in total. The lowest BCUT2D eigenvalue weighted by Gasteiger charge is -2.40. The summed E-state index contributed by atoms with van der Waals surface area (Å²) in [5.41, 5.74) is 2.73. The van der Waals surface area contributed by atoms with Crippen molar-refractivity contribution in [2.75, 3.05) is 31.1 Å². The molecular weight excluding hydrogens is 376 g/mol. The summed E-state index contributed by atoms with van der Waals surface area (Å²) < 4.78 is 5.76. The van der Waals surface area contributed by atoms with E-state index in [4.69, 9.17) is 16.3 Å². The van der Waals surface area contributed by atoms with Crippen molar-refractivity contribution in [2.45, 2.75) is 51.6 Å². The van der Waals surface area contributed by atoms with Crippen LogP contribution in [0.1, 0.15) is 44.6 Å². The first-order valence-corrected chi connectivity index (χ1v) is 10.5. The van der Waals surface area contributed by atoms with Crippen molar-refractivity contribution in [1.82, 2.24) is 4.90 Å². The lowest BCUT2D eigenvalue weighted by Crippen LogP contribution is -2.51. The maximum absolute atomic E-state index is 13.4. The lowest BCUT2D eigenvalue weighted by atomic mass is 9.78. The maximum Gasteiger partial charge on any atom is 0.335 e. The number of anilines is 1. The molecule has 1 spiro atoms. The standard InChI is InChI=1S/C22H27ClN2O3/c1-15-6-7-17(23)14-18(15)24-10-12-25(13-11-24)20(26)19-16(2)21(27)28-22(19)8-4-3-5-9-22/h6-7,14H,3-5,8-13H2,1-2H3. The molecule has 1 aliphatic carbocycles. The van der Waals surface area contributed by atoms with E-state index in [0.717, 1.165) is 55.9 Å². The van der Waals surface area contributed by atoms with Gasteiger partial charge in [-0.05, 0) is 57.2 Å². The zero-order valence-electron chi connectivity index (χ0n) is 16.6. The van der Waals surface area contributed by atoms with Crippen molar-refractivity contribution >= 4 is 29.2 Å². The van der Waals surface area contributed by atoms with Gasteiger partial charge in [0, 0.05) is 42.5 Å². The molecule has 1 saturated carbocycles. The van der Waals surface area contributed by atoms with Crippen molar-refractivity contribution in [1.29, 1.82) is 0 Å². The Morgan fingerprint density at radius 1 is 1.07 bits per heavy atom. The third-order valence-electron chi connectivity index (χ3n) is 6.38. The first-order valence-electron chi connectivity index (χ1n) is 10.2. The van der Waals surface area contributed by atoms with Gasteiger partial charge in [0.1, 0.15) is 5.60 Å². The van der Waals surface area contributed by atoms with E-state index in [-0.39, 0.29) is 11.9 Å². The van der Waals surface area contributed by atoms with Gasteiger partial charge in [0.25, 0.3) is 5.91 Å². The van der Waals surface area contributed by atoms with Crippen LogP contribution in [0, 0.1) is 6.92 Å². The van der Waals surface area contributed by atoms with E-state index in [1.165, 1.54) is 5.56 Å². The molecule has 0 unspecified atom stereocenters. The van der Waals surface area contributed by atoms with Crippen LogP contribution < -0.4 is 4.90 Å². The molecule has 1 amide bonds. The number of nitrogens with zero attached hydrogens (tertiary/aromatic N) is 2. The van der Waals surface area contributed by atoms with Crippen LogP contribution in [0.25, 0.3) is 0 Å². The van der Waals surface area contributed by atoms with E-state index in [1.807, 2.05) is 23.1 Å². The molecule has 5 nitrogen and oxygen atoms in total. The molecule has 2 fully saturated rings. The number of benzene rings is 1. The summed E-state index contributed by atoms with van der Waals surface area (Å²) in [6, 6.07) is 5.91. The Kier molecular flexibility index (Phi) is 5.13. The Balaban J connectivity index is 1.50. The first-order chi connectivity index (χ1) is 13.4. The predicted molar refractivity (Wildman–Crippen MR) is 110 cm³/mol. The Bertz CT molecular complexity index is 834. The number of aryl methyl sites for hydroxylation is 1. The number of halogens is 1. The Morgan fingerprint density at radius 3 is 2.43 bits per heavy atom. The fraction of sp³-hybridized carbons (Fsp3) is 0.545. The van der Waals surface area contributed by atoms with Crippen molar-refractivity contribution < 1.29 is 14.3 Å². The minimum Gasteiger partial charge on any atom is -0.451 e. The van der Waals surface area contributed by atoms with E-state index >= 15 is 0 Å². The molecule has 1 aromatic carbocycles. The molecule has 0 bridgehead atoms. The van der Waals surface area contributed by atoms with E-state index in [9.17, 15) is 9.59 Å². The molecule has 0 atom stereocenters. The smallest absolute Gasteiger partial charge is 0.335 e. The number of rotatable bonds is 2. The number of carbonyl (C=O) groups excluding carboxylic acids is 2. The van der Waals surface area contributed by atoms with Crippen LogP contribution in [0.5, 0.6) is 0 Å². The summed E-state index contributed by atoms with van der Waals surface area (Å²) in [6.45, 7) is 6.58. The number of amides is 1. The Labute approximate surface area is 171 Å². The van der Waals surface area contributed by atoms with Gasteiger partial charge in [0.2, 0.25) is 0 Å². The van der Waals surface area contributed by atoms with Gasteiger partial charge in [-0.1, -0.05) is 24.1 Å². The second-order valence-corrected chi connectivity index (χ2v) is 8.59. The van der Waals surface area contributed by atoms with Crippen LogP contribution in [-0.2, 0) is 14.3 Å².